The number of amides is 1. The van der Waals surface area contributed by atoms with E-state index in [0.29, 0.717) is 41.1 Å². The van der Waals surface area contributed by atoms with E-state index in [4.69, 9.17) is 27.9 Å². The highest BCUT2D eigenvalue weighted by Gasteiger charge is 2.15. The van der Waals surface area contributed by atoms with Crippen molar-refractivity contribution in [3.05, 3.63) is 63.9 Å². The lowest BCUT2D eigenvalue weighted by Crippen LogP contribution is -2.16. The molecule has 1 amide bonds. The summed E-state index contributed by atoms with van der Waals surface area (Å²) in [4.78, 5) is 16.7. The van der Waals surface area contributed by atoms with Gasteiger partial charge in [-0.2, -0.15) is 9.78 Å². The Morgan fingerprint density at radius 2 is 1.87 bits per heavy atom. The van der Waals surface area contributed by atoms with Crippen LogP contribution in [0, 0.1) is 6.92 Å². The molecule has 0 saturated heterocycles. The maximum atomic E-state index is 12.4. The van der Waals surface area contributed by atoms with Crippen molar-refractivity contribution in [2.45, 2.75) is 46.0 Å². The molecule has 2 aromatic heterocycles. The molecule has 2 heterocycles. The first-order chi connectivity index (χ1) is 14.6. The van der Waals surface area contributed by atoms with Crippen LogP contribution in [0.1, 0.15) is 44.9 Å². The average Bonchev–Trinajstić information content (AvgIpc) is 3.04. The minimum Gasteiger partial charge on any atom is -0.494 e. The molecule has 164 valence electrons. The van der Waals surface area contributed by atoms with Gasteiger partial charge in [-0.25, -0.2) is 4.98 Å². The van der Waals surface area contributed by atoms with Gasteiger partial charge in [0.25, 0.3) is 0 Å². The first kappa shape index (κ1) is 23.1. The lowest BCUT2D eigenvalue weighted by molar-refractivity contribution is -0.116. The third kappa shape index (κ3) is 6.21. The van der Waals surface area contributed by atoms with Gasteiger partial charge in [0.1, 0.15) is 11.6 Å². The molecule has 3 rings (SSSR count). The summed E-state index contributed by atoms with van der Waals surface area (Å²) in [6.45, 7) is 8.80. The monoisotopic (exact) mass is 460 g/mol. The summed E-state index contributed by atoms with van der Waals surface area (Å²) in [5.74, 6) is 1.55. The number of rotatable bonds is 7. The van der Waals surface area contributed by atoms with Crippen LogP contribution in [0.3, 0.4) is 0 Å². The summed E-state index contributed by atoms with van der Waals surface area (Å²) in [7, 11) is 0. The molecule has 0 atom stereocenters. The fraction of sp³-hybridized carbons (Fsp3) is 0.348. The Kier molecular flexibility index (Phi) is 7.23. The quantitative estimate of drug-likeness (QED) is 0.440. The summed E-state index contributed by atoms with van der Waals surface area (Å²) < 4.78 is 7.26. The Labute approximate surface area is 192 Å². The second-order valence-electron chi connectivity index (χ2n) is 8.32. The molecule has 0 fully saturated rings. The van der Waals surface area contributed by atoms with Gasteiger partial charge >= 0.3 is 0 Å². The van der Waals surface area contributed by atoms with Crippen LogP contribution >= 0.6 is 23.2 Å². The SMILES string of the molecule is Cc1cc(NC(=O)CCCOc2ccc(C(C)(C)C)cc2)n(-c2ncc(Cl)cc2Cl)n1. The van der Waals surface area contributed by atoms with Crippen molar-refractivity contribution in [3.63, 3.8) is 0 Å². The van der Waals surface area contributed by atoms with E-state index < -0.39 is 0 Å². The van der Waals surface area contributed by atoms with Gasteiger partial charge in [-0.3, -0.25) is 4.79 Å². The highest BCUT2D eigenvalue weighted by molar-refractivity contribution is 6.35. The Morgan fingerprint density at radius 3 is 2.52 bits per heavy atom. The number of halogens is 2. The number of aryl methyl sites for hydroxylation is 1. The van der Waals surface area contributed by atoms with Crippen molar-refractivity contribution in [2.75, 3.05) is 11.9 Å². The molecule has 0 aliphatic carbocycles. The lowest BCUT2D eigenvalue weighted by atomic mass is 9.87. The molecule has 0 saturated carbocycles. The van der Waals surface area contributed by atoms with Crippen LogP contribution < -0.4 is 10.1 Å². The minimum absolute atomic E-state index is 0.104. The fourth-order valence-corrected chi connectivity index (χ4v) is 3.45. The first-order valence-electron chi connectivity index (χ1n) is 10.0. The average molecular weight is 461 g/mol. The van der Waals surface area contributed by atoms with E-state index in [0.717, 1.165) is 11.4 Å². The third-order valence-electron chi connectivity index (χ3n) is 4.63. The van der Waals surface area contributed by atoms with Crippen molar-refractivity contribution in [2.24, 2.45) is 0 Å². The molecule has 31 heavy (non-hydrogen) atoms. The number of hydrogen-bond donors (Lipinski definition) is 1. The summed E-state index contributed by atoms with van der Waals surface area (Å²) in [5, 5.41) is 8.01. The molecule has 1 aromatic carbocycles. The molecule has 0 spiro atoms. The first-order valence-corrected chi connectivity index (χ1v) is 10.8. The van der Waals surface area contributed by atoms with E-state index in [2.05, 4.69) is 48.3 Å². The number of nitrogens with zero attached hydrogens (tertiary/aromatic N) is 3. The van der Waals surface area contributed by atoms with Crippen molar-refractivity contribution >= 4 is 34.9 Å². The second kappa shape index (κ2) is 9.71. The molecule has 8 heteroatoms. The zero-order valence-corrected chi connectivity index (χ0v) is 19.6. The van der Waals surface area contributed by atoms with Crippen LogP contribution in [-0.4, -0.2) is 27.3 Å². The zero-order valence-electron chi connectivity index (χ0n) is 18.1. The molecule has 1 N–H and O–H groups in total. The number of anilines is 1. The van der Waals surface area contributed by atoms with E-state index >= 15 is 0 Å². The number of pyridine rings is 1. The van der Waals surface area contributed by atoms with Gasteiger partial charge in [0.15, 0.2) is 5.82 Å². The Hall–Kier alpha value is -2.57. The van der Waals surface area contributed by atoms with Gasteiger partial charge in [0.05, 0.1) is 22.3 Å². The summed E-state index contributed by atoms with van der Waals surface area (Å²) in [6, 6.07) is 11.4. The third-order valence-corrected chi connectivity index (χ3v) is 5.11. The standard InChI is InChI=1S/C23H26Cl2N4O2/c1-15-12-20(29(28-15)22-19(25)13-17(24)14-26-22)27-21(30)6-5-11-31-18-9-7-16(8-10-18)23(2,3)4/h7-10,12-14H,5-6,11H2,1-4H3,(H,27,30). The Balaban J connectivity index is 1.54. The Bertz CT molecular complexity index is 1060. The van der Waals surface area contributed by atoms with Crippen molar-refractivity contribution in [1.82, 2.24) is 14.8 Å². The summed E-state index contributed by atoms with van der Waals surface area (Å²) in [6.07, 6.45) is 2.38. The number of benzene rings is 1. The number of hydrogen-bond acceptors (Lipinski definition) is 4. The zero-order chi connectivity index (χ0) is 22.6. The van der Waals surface area contributed by atoms with Crippen LogP contribution in [0.2, 0.25) is 10.0 Å². The smallest absolute Gasteiger partial charge is 0.225 e. The predicted octanol–water partition coefficient (Wildman–Crippen LogP) is 5.98. The molecule has 0 radical (unpaired) electrons. The maximum absolute atomic E-state index is 12.4. The largest absolute Gasteiger partial charge is 0.494 e. The number of carbonyl (C=O) groups is 1. The molecule has 0 aliphatic heterocycles. The highest BCUT2D eigenvalue weighted by Crippen LogP contribution is 2.26. The Morgan fingerprint density at radius 1 is 1.16 bits per heavy atom. The van der Waals surface area contributed by atoms with Gasteiger partial charge in [-0.05, 0) is 42.5 Å². The minimum atomic E-state index is -0.141. The normalized spacial score (nSPS) is 11.4. The summed E-state index contributed by atoms with van der Waals surface area (Å²) >= 11 is 12.2. The predicted molar refractivity (Wildman–Crippen MR) is 125 cm³/mol. The van der Waals surface area contributed by atoms with Crippen LogP contribution in [0.4, 0.5) is 5.82 Å². The number of ether oxygens (including phenoxy) is 1. The van der Waals surface area contributed by atoms with Gasteiger partial charge in [-0.15, -0.1) is 0 Å². The summed E-state index contributed by atoms with van der Waals surface area (Å²) in [5.41, 5.74) is 2.08. The number of carbonyl (C=O) groups excluding carboxylic acids is 1. The fourth-order valence-electron chi connectivity index (χ4n) is 2.99. The van der Waals surface area contributed by atoms with Crippen LogP contribution in [0.25, 0.3) is 5.82 Å². The number of nitrogens with one attached hydrogen (secondary N) is 1. The molecule has 0 aliphatic rings. The molecule has 0 bridgehead atoms. The van der Waals surface area contributed by atoms with Crippen LogP contribution in [0.5, 0.6) is 5.75 Å². The van der Waals surface area contributed by atoms with Gasteiger partial charge < -0.3 is 10.1 Å². The van der Waals surface area contributed by atoms with Crippen molar-refractivity contribution < 1.29 is 9.53 Å². The number of aromatic nitrogens is 3. The molecule has 0 unspecified atom stereocenters. The van der Waals surface area contributed by atoms with Crippen LogP contribution in [0.15, 0.2) is 42.6 Å². The van der Waals surface area contributed by atoms with Gasteiger partial charge in [0.2, 0.25) is 5.91 Å². The van der Waals surface area contributed by atoms with Gasteiger partial charge in [-0.1, -0.05) is 56.1 Å². The van der Waals surface area contributed by atoms with E-state index in [9.17, 15) is 4.79 Å². The topological polar surface area (TPSA) is 69.0 Å². The van der Waals surface area contributed by atoms with E-state index in [1.54, 1.807) is 12.1 Å². The van der Waals surface area contributed by atoms with E-state index in [-0.39, 0.29) is 11.3 Å². The van der Waals surface area contributed by atoms with Crippen LogP contribution in [-0.2, 0) is 10.2 Å². The van der Waals surface area contributed by atoms with Gasteiger partial charge in [0, 0.05) is 18.7 Å². The highest BCUT2D eigenvalue weighted by atomic mass is 35.5. The molecular weight excluding hydrogens is 435 g/mol. The van der Waals surface area contributed by atoms with Crippen molar-refractivity contribution in [1.29, 1.82) is 0 Å². The van der Waals surface area contributed by atoms with E-state index in [1.165, 1.54) is 16.4 Å². The second-order valence-corrected chi connectivity index (χ2v) is 9.16. The molecule has 6 nitrogen and oxygen atoms in total. The molecule has 3 aromatic rings. The van der Waals surface area contributed by atoms with Crippen molar-refractivity contribution in [3.8, 4) is 11.6 Å². The lowest BCUT2D eigenvalue weighted by Gasteiger charge is -2.19. The maximum Gasteiger partial charge on any atom is 0.225 e. The molecular formula is C23H26Cl2N4O2. The van der Waals surface area contributed by atoms with E-state index in [1.807, 2.05) is 19.1 Å².